The van der Waals surface area contributed by atoms with Gasteiger partial charge in [0.05, 0.1) is 0 Å². The van der Waals surface area contributed by atoms with Crippen molar-refractivity contribution in [1.82, 2.24) is 0 Å². The van der Waals surface area contributed by atoms with E-state index in [1.807, 2.05) is 6.92 Å². The van der Waals surface area contributed by atoms with Crippen LogP contribution in [0, 0.1) is 11.8 Å². The van der Waals surface area contributed by atoms with Gasteiger partial charge in [0.25, 0.3) is 0 Å². The maximum absolute atomic E-state index is 12.6. The van der Waals surface area contributed by atoms with E-state index < -0.39 is 17.6 Å². The fourth-order valence-corrected chi connectivity index (χ4v) is 2.07. The van der Waals surface area contributed by atoms with Gasteiger partial charge in [0.1, 0.15) is 5.54 Å². The zero-order valence-electron chi connectivity index (χ0n) is 7.99. The molecule has 2 N–H and O–H groups in total. The summed E-state index contributed by atoms with van der Waals surface area (Å²) in [5.41, 5.74) is 3.49. The van der Waals surface area contributed by atoms with E-state index in [9.17, 15) is 13.2 Å². The first kappa shape index (κ1) is 10.8. The van der Waals surface area contributed by atoms with Gasteiger partial charge in [-0.15, -0.1) is 0 Å². The van der Waals surface area contributed by atoms with Crippen LogP contribution in [0.25, 0.3) is 0 Å². The van der Waals surface area contributed by atoms with Crippen molar-refractivity contribution >= 4 is 0 Å². The number of rotatable bonds is 0. The normalized spacial score (nSPS) is 42.0. The van der Waals surface area contributed by atoms with Crippen molar-refractivity contribution < 1.29 is 13.2 Å². The van der Waals surface area contributed by atoms with E-state index in [0.29, 0.717) is 6.42 Å². The minimum atomic E-state index is -4.26. The summed E-state index contributed by atoms with van der Waals surface area (Å²) in [5, 5.41) is 0. The molecule has 4 heteroatoms. The molecule has 0 spiro atoms. The van der Waals surface area contributed by atoms with Crippen LogP contribution in [-0.4, -0.2) is 11.7 Å². The number of halogens is 3. The lowest BCUT2D eigenvalue weighted by Gasteiger charge is -2.43. The third-order valence-corrected chi connectivity index (χ3v) is 3.19. The number of hydrogen-bond donors (Lipinski definition) is 1. The monoisotopic (exact) mass is 195 g/mol. The van der Waals surface area contributed by atoms with Crippen LogP contribution >= 0.6 is 0 Å². The Bertz CT molecular complexity index is 190. The second-order valence-electron chi connectivity index (χ2n) is 4.33. The van der Waals surface area contributed by atoms with Crippen LogP contribution in [0.5, 0.6) is 0 Å². The molecule has 1 nitrogen and oxygen atoms in total. The number of hydrogen-bond acceptors (Lipinski definition) is 1. The molecule has 0 amide bonds. The zero-order valence-corrected chi connectivity index (χ0v) is 7.99. The highest BCUT2D eigenvalue weighted by Gasteiger charge is 2.56. The van der Waals surface area contributed by atoms with Crippen molar-refractivity contribution in [3.63, 3.8) is 0 Å². The van der Waals surface area contributed by atoms with Crippen molar-refractivity contribution in [2.75, 3.05) is 0 Å². The Hall–Kier alpha value is -0.250. The van der Waals surface area contributed by atoms with Crippen molar-refractivity contribution in [2.24, 2.45) is 17.6 Å². The van der Waals surface area contributed by atoms with E-state index in [2.05, 4.69) is 0 Å². The van der Waals surface area contributed by atoms with E-state index in [1.165, 1.54) is 0 Å². The van der Waals surface area contributed by atoms with Gasteiger partial charge in [-0.2, -0.15) is 13.2 Å². The van der Waals surface area contributed by atoms with Crippen molar-refractivity contribution in [1.29, 1.82) is 0 Å². The van der Waals surface area contributed by atoms with Gasteiger partial charge >= 0.3 is 6.18 Å². The molecule has 13 heavy (non-hydrogen) atoms. The van der Waals surface area contributed by atoms with Gasteiger partial charge in [-0.1, -0.05) is 20.3 Å². The number of alkyl halides is 3. The summed E-state index contributed by atoms with van der Waals surface area (Å²) in [7, 11) is 0. The molecule has 1 fully saturated rings. The molecule has 0 aromatic carbocycles. The van der Waals surface area contributed by atoms with Crippen molar-refractivity contribution in [3.05, 3.63) is 0 Å². The van der Waals surface area contributed by atoms with Gasteiger partial charge in [-0.3, -0.25) is 0 Å². The number of nitrogens with two attached hydrogens (primary N) is 1. The summed E-state index contributed by atoms with van der Waals surface area (Å²) in [6, 6.07) is 0. The summed E-state index contributed by atoms with van der Waals surface area (Å²) < 4.78 is 37.9. The molecule has 0 aromatic rings. The third-order valence-electron chi connectivity index (χ3n) is 3.19. The Balaban J connectivity index is 2.85. The predicted octanol–water partition coefficient (Wildman–Crippen LogP) is 2.70. The lowest BCUT2D eigenvalue weighted by molar-refractivity contribution is -0.211. The van der Waals surface area contributed by atoms with Gasteiger partial charge in [-0.05, 0) is 24.7 Å². The van der Waals surface area contributed by atoms with E-state index in [-0.39, 0.29) is 12.3 Å². The molecule has 0 bridgehead atoms. The molecule has 0 aromatic heterocycles. The van der Waals surface area contributed by atoms with E-state index in [4.69, 9.17) is 5.73 Å². The fraction of sp³-hybridized carbons (Fsp3) is 1.00. The molecular formula is C9H16F3N. The molecule has 0 radical (unpaired) electrons. The van der Waals surface area contributed by atoms with E-state index in [1.54, 1.807) is 6.92 Å². The molecule has 0 saturated heterocycles. The third kappa shape index (κ3) is 1.82. The molecule has 78 valence electrons. The van der Waals surface area contributed by atoms with E-state index >= 15 is 0 Å². The molecule has 3 atom stereocenters. The Morgan fingerprint density at radius 3 is 2.15 bits per heavy atom. The predicted molar refractivity (Wildman–Crippen MR) is 45.2 cm³/mol. The maximum atomic E-state index is 12.6. The van der Waals surface area contributed by atoms with Gasteiger partial charge < -0.3 is 5.73 Å². The smallest absolute Gasteiger partial charge is 0.317 e. The van der Waals surface area contributed by atoms with Crippen molar-refractivity contribution in [3.8, 4) is 0 Å². The lowest BCUT2D eigenvalue weighted by atomic mass is 9.70. The molecule has 1 saturated carbocycles. The first-order chi connectivity index (χ1) is 5.77. The minimum absolute atomic E-state index is 0.0671. The molecule has 0 heterocycles. The average Bonchev–Trinajstić information content (AvgIpc) is 1.95. The topological polar surface area (TPSA) is 26.0 Å². The van der Waals surface area contributed by atoms with Gasteiger partial charge in [0.2, 0.25) is 0 Å². The summed E-state index contributed by atoms with van der Waals surface area (Å²) in [5.74, 6) is -0.369. The van der Waals surface area contributed by atoms with Crippen LogP contribution < -0.4 is 5.73 Å². The molecule has 1 aliphatic carbocycles. The summed E-state index contributed by atoms with van der Waals surface area (Å²) >= 11 is 0. The van der Waals surface area contributed by atoms with Crippen LogP contribution in [0.2, 0.25) is 0 Å². The average molecular weight is 195 g/mol. The second-order valence-corrected chi connectivity index (χ2v) is 4.33. The van der Waals surface area contributed by atoms with Crippen molar-refractivity contribution in [2.45, 2.75) is 44.8 Å². The standard InChI is InChI=1S/C9H16F3N/c1-6-3-4-7(2)8(13,5-6)9(10,11)12/h6-7H,3-5,13H2,1-2H3. The second kappa shape index (κ2) is 3.15. The zero-order chi connectivity index (χ0) is 10.3. The first-order valence-corrected chi connectivity index (χ1v) is 4.63. The highest BCUT2D eigenvalue weighted by atomic mass is 19.4. The fourth-order valence-electron chi connectivity index (χ4n) is 2.07. The van der Waals surface area contributed by atoms with Crippen LogP contribution in [-0.2, 0) is 0 Å². The highest BCUT2D eigenvalue weighted by molar-refractivity contribution is 4.99. The summed E-state index contributed by atoms with van der Waals surface area (Å²) in [6.45, 7) is 3.43. The largest absolute Gasteiger partial charge is 0.406 e. The minimum Gasteiger partial charge on any atom is -0.317 e. The molecular weight excluding hydrogens is 179 g/mol. The Morgan fingerprint density at radius 2 is 1.77 bits per heavy atom. The van der Waals surface area contributed by atoms with Gasteiger partial charge in [0, 0.05) is 0 Å². The Kier molecular flexibility index (Phi) is 2.63. The maximum Gasteiger partial charge on any atom is 0.406 e. The van der Waals surface area contributed by atoms with Crippen LogP contribution in [0.3, 0.4) is 0 Å². The van der Waals surface area contributed by atoms with Gasteiger partial charge in [0.15, 0.2) is 0 Å². The molecule has 3 unspecified atom stereocenters. The summed E-state index contributed by atoms with van der Waals surface area (Å²) in [6.07, 6.45) is -2.76. The lowest BCUT2D eigenvalue weighted by Crippen LogP contribution is -2.60. The first-order valence-electron chi connectivity index (χ1n) is 4.63. The SMILES string of the molecule is CC1CCC(C)C(N)(C(F)(F)F)C1. The highest BCUT2D eigenvalue weighted by Crippen LogP contribution is 2.44. The Labute approximate surface area is 76.5 Å². The Morgan fingerprint density at radius 1 is 1.23 bits per heavy atom. The van der Waals surface area contributed by atoms with Crippen LogP contribution in [0.4, 0.5) is 13.2 Å². The summed E-state index contributed by atoms with van der Waals surface area (Å²) in [4.78, 5) is 0. The quantitative estimate of drug-likeness (QED) is 0.632. The van der Waals surface area contributed by atoms with Crippen LogP contribution in [0.15, 0.2) is 0 Å². The molecule has 1 rings (SSSR count). The molecule has 1 aliphatic rings. The van der Waals surface area contributed by atoms with E-state index in [0.717, 1.165) is 6.42 Å². The molecule has 0 aliphatic heterocycles. The van der Waals surface area contributed by atoms with Gasteiger partial charge in [-0.25, -0.2) is 0 Å². The van der Waals surface area contributed by atoms with Crippen LogP contribution in [0.1, 0.15) is 33.1 Å².